The fraction of sp³-hybridized carbons (Fsp3) is 0.400. The molecular formula is C15H18N4O. The Kier molecular flexibility index (Phi) is 3.50. The highest BCUT2D eigenvalue weighted by molar-refractivity contribution is 5.73. The van der Waals surface area contributed by atoms with Crippen LogP contribution in [0.15, 0.2) is 30.3 Å². The molecule has 0 unspecified atom stereocenters. The van der Waals surface area contributed by atoms with Crippen LogP contribution in [-0.4, -0.2) is 39.1 Å². The van der Waals surface area contributed by atoms with Gasteiger partial charge in [0.15, 0.2) is 5.82 Å². The molecule has 104 valence electrons. The first-order chi connectivity index (χ1) is 9.74. The summed E-state index contributed by atoms with van der Waals surface area (Å²) >= 11 is 0. The maximum atomic E-state index is 11.3. The van der Waals surface area contributed by atoms with Gasteiger partial charge in [-0.05, 0) is 12.8 Å². The molecule has 1 aliphatic heterocycles. The number of aromatic amines is 1. The SMILES string of the molecule is CC(=O)N1CCC(c2nc(-c3ccccc3)n[nH]2)CC1. The van der Waals surface area contributed by atoms with Crippen LogP contribution in [0.4, 0.5) is 0 Å². The van der Waals surface area contributed by atoms with E-state index in [1.54, 1.807) is 6.92 Å². The summed E-state index contributed by atoms with van der Waals surface area (Å²) in [6.45, 7) is 3.24. The summed E-state index contributed by atoms with van der Waals surface area (Å²) in [5, 5.41) is 7.35. The summed E-state index contributed by atoms with van der Waals surface area (Å²) in [4.78, 5) is 17.8. The molecule has 2 heterocycles. The molecule has 1 saturated heterocycles. The van der Waals surface area contributed by atoms with Gasteiger partial charge in [0, 0.05) is 31.5 Å². The van der Waals surface area contributed by atoms with Crippen LogP contribution in [0.2, 0.25) is 0 Å². The van der Waals surface area contributed by atoms with Crippen LogP contribution in [0.3, 0.4) is 0 Å². The third kappa shape index (κ3) is 2.57. The van der Waals surface area contributed by atoms with Gasteiger partial charge in [-0.3, -0.25) is 9.89 Å². The summed E-state index contributed by atoms with van der Waals surface area (Å²) < 4.78 is 0. The smallest absolute Gasteiger partial charge is 0.219 e. The van der Waals surface area contributed by atoms with Gasteiger partial charge in [0.05, 0.1) is 0 Å². The van der Waals surface area contributed by atoms with Gasteiger partial charge >= 0.3 is 0 Å². The summed E-state index contributed by atoms with van der Waals surface area (Å²) in [6.07, 6.45) is 1.89. The van der Waals surface area contributed by atoms with Crippen molar-refractivity contribution in [2.75, 3.05) is 13.1 Å². The summed E-state index contributed by atoms with van der Waals surface area (Å²) in [5.74, 6) is 2.21. The zero-order chi connectivity index (χ0) is 13.9. The van der Waals surface area contributed by atoms with E-state index in [1.165, 1.54) is 0 Å². The topological polar surface area (TPSA) is 61.9 Å². The molecule has 0 atom stereocenters. The second-order valence-electron chi connectivity index (χ2n) is 5.19. The van der Waals surface area contributed by atoms with Gasteiger partial charge in [-0.15, -0.1) is 0 Å². The van der Waals surface area contributed by atoms with Crippen molar-refractivity contribution >= 4 is 5.91 Å². The molecule has 0 saturated carbocycles. The van der Waals surface area contributed by atoms with Crippen LogP contribution >= 0.6 is 0 Å². The predicted octanol–water partition coefficient (Wildman–Crippen LogP) is 2.20. The number of H-pyrrole nitrogens is 1. The molecule has 1 aromatic carbocycles. The highest BCUT2D eigenvalue weighted by Gasteiger charge is 2.24. The van der Waals surface area contributed by atoms with Crippen molar-refractivity contribution in [2.24, 2.45) is 0 Å². The lowest BCUT2D eigenvalue weighted by Crippen LogP contribution is -2.36. The Balaban J connectivity index is 1.71. The highest BCUT2D eigenvalue weighted by Crippen LogP contribution is 2.26. The van der Waals surface area contributed by atoms with Crippen molar-refractivity contribution in [1.29, 1.82) is 0 Å². The zero-order valence-corrected chi connectivity index (χ0v) is 11.5. The van der Waals surface area contributed by atoms with Crippen LogP contribution in [0.25, 0.3) is 11.4 Å². The van der Waals surface area contributed by atoms with E-state index in [2.05, 4.69) is 15.2 Å². The Morgan fingerprint density at radius 1 is 1.25 bits per heavy atom. The van der Waals surface area contributed by atoms with Crippen LogP contribution in [-0.2, 0) is 4.79 Å². The first-order valence-electron chi connectivity index (χ1n) is 6.97. The molecule has 1 N–H and O–H groups in total. The van der Waals surface area contributed by atoms with Crippen molar-refractivity contribution < 1.29 is 4.79 Å². The first-order valence-corrected chi connectivity index (χ1v) is 6.97. The Labute approximate surface area is 118 Å². The van der Waals surface area contributed by atoms with E-state index >= 15 is 0 Å². The lowest BCUT2D eigenvalue weighted by molar-refractivity contribution is -0.129. The third-order valence-electron chi connectivity index (χ3n) is 3.86. The quantitative estimate of drug-likeness (QED) is 0.910. The molecule has 0 aliphatic carbocycles. The van der Waals surface area contributed by atoms with Crippen LogP contribution in [0.5, 0.6) is 0 Å². The molecule has 0 bridgehead atoms. The highest BCUT2D eigenvalue weighted by atomic mass is 16.2. The molecule has 3 rings (SSSR count). The van der Waals surface area contributed by atoms with E-state index in [9.17, 15) is 4.79 Å². The average Bonchev–Trinajstić information content (AvgIpc) is 2.98. The molecule has 1 aliphatic rings. The largest absolute Gasteiger partial charge is 0.343 e. The molecule has 0 spiro atoms. The van der Waals surface area contributed by atoms with Crippen molar-refractivity contribution in [3.8, 4) is 11.4 Å². The molecule has 2 aromatic rings. The fourth-order valence-corrected chi connectivity index (χ4v) is 2.64. The van der Waals surface area contributed by atoms with Crippen molar-refractivity contribution in [1.82, 2.24) is 20.1 Å². The van der Waals surface area contributed by atoms with Crippen LogP contribution < -0.4 is 0 Å². The van der Waals surface area contributed by atoms with E-state index in [4.69, 9.17) is 0 Å². The Morgan fingerprint density at radius 2 is 1.95 bits per heavy atom. The van der Waals surface area contributed by atoms with Crippen molar-refractivity contribution in [2.45, 2.75) is 25.7 Å². The normalized spacial score (nSPS) is 16.4. The third-order valence-corrected chi connectivity index (χ3v) is 3.86. The Hall–Kier alpha value is -2.17. The molecule has 5 nitrogen and oxygen atoms in total. The number of benzene rings is 1. The van der Waals surface area contributed by atoms with E-state index in [1.807, 2.05) is 35.2 Å². The summed E-state index contributed by atoms with van der Waals surface area (Å²) in [6, 6.07) is 9.96. The number of nitrogens with zero attached hydrogens (tertiary/aromatic N) is 3. The Morgan fingerprint density at radius 3 is 2.60 bits per heavy atom. The van der Waals surface area contributed by atoms with Gasteiger partial charge in [0.2, 0.25) is 5.91 Å². The molecule has 0 radical (unpaired) electrons. The number of nitrogens with one attached hydrogen (secondary N) is 1. The van der Waals surface area contributed by atoms with Crippen molar-refractivity contribution in [3.63, 3.8) is 0 Å². The molecular weight excluding hydrogens is 252 g/mol. The number of likely N-dealkylation sites (tertiary alicyclic amines) is 1. The van der Waals surface area contributed by atoms with Gasteiger partial charge in [-0.25, -0.2) is 4.98 Å². The number of hydrogen-bond acceptors (Lipinski definition) is 3. The summed E-state index contributed by atoms with van der Waals surface area (Å²) in [5.41, 5.74) is 1.02. The van der Waals surface area contributed by atoms with Gasteiger partial charge in [0.1, 0.15) is 5.82 Å². The average molecular weight is 270 g/mol. The van der Waals surface area contributed by atoms with Gasteiger partial charge < -0.3 is 4.90 Å². The molecule has 1 aromatic heterocycles. The predicted molar refractivity (Wildman–Crippen MR) is 76.0 cm³/mol. The summed E-state index contributed by atoms with van der Waals surface area (Å²) in [7, 11) is 0. The number of piperidine rings is 1. The number of carbonyl (C=O) groups excluding carboxylic acids is 1. The number of carbonyl (C=O) groups is 1. The number of amides is 1. The van der Waals surface area contributed by atoms with Crippen LogP contribution in [0.1, 0.15) is 31.5 Å². The lowest BCUT2D eigenvalue weighted by Gasteiger charge is -2.30. The maximum Gasteiger partial charge on any atom is 0.219 e. The second kappa shape index (κ2) is 5.45. The monoisotopic (exact) mass is 270 g/mol. The fourth-order valence-electron chi connectivity index (χ4n) is 2.64. The molecule has 1 amide bonds. The van der Waals surface area contributed by atoms with E-state index < -0.39 is 0 Å². The number of rotatable bonds is 2. The van der Waals surface area contributed by atoms with E-state index in [0.29, 0.717) is 5.92 Å². The standard InChI is InChI=1S/C15H18N4O/c1-11(20)19-9-7-13(8-10-19)15-16-14(17-18-15)12-5-3-2-4-6-12/h2-6,13H,7-10H2,1H3,(H,16,17,18). The number of aromatic nitrogens is 3. The first kappa shape index (κ1) is 12.8. The van der Waals surface area contributed by atoms with Crippen LogP contribution in [0, 0.1) is 0 Å². The maximum absolute atomic E-state index is 11.3. The van der Waals surface area contributed by atoms with E-state index in [-0.39, 0.29) is 5.91 Å². The van der Waals surface area contributed by atoms with Gasteiger partial charge in [-0.1, -0.05) is 30.3 Å². The lowest BCUT2D eigenvalue weighted by atomic mass is 9.96. The molecule has 20 heavy (non-hydrogen) atoms. The van der Waals surface area contributed by atoms with Gasteiger partial charge in [-0.2, -0.15) is 5.10 Å². The second-order valence-corrected chi connectivity index (χ2v) is 5.19. The number of hydrogen-bond donors (Lipinski definition) is 1. The minimum Gasteiger partial charge on any atom is -0.343 e. The van der Waals surface area contributed by atoms with Crippen molar-refractivity contribution in [3.05, 3.63) is 36.2 Å². The Bertz CT molecular complexity index is 585. The minimum atomic E-state index is 0.158. The van der Waals surface area contributed by atoms with E-state index in [0.717, 1.165) is 43.1 Å². The molecule has 1 fully saturated rings. The zero-order valence-electron chi connectivity index (χ0n) is 11.5. The minimum absolute atomic E-state index is 0.158. The van der Waals surface area contributed by atoms with Gasteiger partial charge in [0.25, 0.3) is 0 Å². The molecule has 5 heteroatoms.